The standard InChI is InChI=1S/C19H32N4O3.C2F6NO4S2/c1-2-3-4-9-12-22-13-14-23(18-22)15-16-26-19(25)21-11-8-6-5-7-10-20-17-24;3-1(4,5)14(10,11)9-15(12,13)2(6,7)8/h13-14,18H,2-12,15-16H2,1H3;/q;-1/p+1. The molecule has 12 nitrogen and oxygen atoms in total. The molecule has 0 bridgehead atoms. The lowest BCUT2D eigenvalue weighted by molar-refractivity contribution is -0.696. The van der Waals surface area contributed by atoms with E-state index in [4.69, 9.17) is 4.74 Å². The second-order valence-electron chi connectivity index (χ2n) is 8.32. The van der Waals surface area contributed by atoms with Gasteiger partial charge in [0.2, 0.25) is 12.4 Å². The second-order valence-corrected chi connectivity index (χ2v) is 11.7. The van der Waals surface area contributed by atoms with Crippen LogP contribution in [0, 0.1) is 0 Å². The van der Waals surface area contributed by atoms with Gasteiger partial charge in [-0.05, 0) is 25.7 Å². The van der Waals surface area contributed by atoms with E-state index in [-0.39, 0.29) is 6.09 Å². The number of hydrogen-bond acceptors (Lipinski definition) is 8. The van der Waals surface area contributed by atoms with Crippen LogP contribution in [0.3, 0.4) is 0 Å². The summed E-state index contributed by atoms with van der Waals surface area (Å²) < 4.78 is 119. The number of carbonyl (C=O) groups is 1. The minimum atomic E-state index is -6.72. The maximum Gasteiger partial charge on any atom is 0.480 e. The number of nitrogens with one attached hydrogen (secondary N) is 1. The minimum Gasteiger partial charge on any atom is -0.445 e. The first-order valence-electron chi connectivity index (χ1n) is 12.3. The maximum absolute atomic E-state index is 11.6. The van der Waals surface area contributed by atoms with Crippen molar-refractivity contribution in [2.24, 2.45) is 4.99 Å². The van der Waals surface area contributed by atoms with Crippen LogP contribution in [0.1, 0.15) is 58.3 Å². The molecule has 0 unspecified atom stereocenters. The topological polar surface area (TPSA) is 159 Å². The van der Waals surface area contributed by atoms with E-state index in [1.807, 2.05) is 10.8 Å². The summed E-state index contributed by atoms with van der Waals surface area (Å²) in [5, 5.41) is 2.75. The highest BCUT2D eigenvalue weighted by Crippen LogP contribution is 2.36. The first-order chi connectivity index (χ1) is 19.0. The van der Waals surface area contributed by atoms with E-state index in [2.05, 4.69) is 34.3 Å². The Balaban J connectivity index is 0.000000909. The molecular formula is C21H33F6N5O7S2. The van der Waals surface area contributed by atoms with Gasteiger partial charge < -0.3 is 14.2 Å². The number of carbonyl (C=O) groups excluding carboxylic acids is 2. The number of sulfonamides is 2. The average Bonchev–Trinajstić information content (AvgIpc) is 3.29. The van der Waals surface area contributed by atoms with Crippen molar-refractivity contribution in [3.8, 4) is 0 Å². The van der Waals surface area contributed by atoms with Gasteiger partial charge in [0, 0.05) is 6.54 Å². The number of alkyl halides is 6. The molecule has 0 aliphatic rings. The Labute approximate surface area is 234 Å². The molecule has 41 heavy (non-hydrogen) atoms. The van der Waals surface area contributed by atoms with Gasteiger partial charge in [0.15, 0.2) is 20.0 Å². The van der Waals surface area contributed by atoms with Crippen LogP contribution in [-0.2, 0) is 42.7 Å². The summed E-state index contributed by atoms with van der Waals surface area (Å²) in [5.74, 6) is 0. The number of imidazole rings is 1. The summed E-state index contributed by atoms with van der Waals surface area (Å²) in [6.45, 7) is 5.42. The Morgan fingerprint density at radius 2 is 1.56 bits per heavy atom. The molecule has 1 rings (SSSR count). The number of aromatic nitrogens is 2. The van der Waals surface area contributed by atoms with Crippen molar-refractivity contribution in [3.63, 3.8) is 0 Å². The number of amides is 1. The van der Waals surface area contributed by atoms with Gasteiger partial charge in [0.1, 0.15) is 25.5 Å². The first-order valence-corrected chi connectivity index (χ1v) is 15.2. The zero-order valence-corrected chi connectivity index (χ0v) is 23.8. The molecule has 0 saturated heterocycles. The highest BCUT2D eigenvalue weighted by atomic mass is 32.3. The summed E-state index contributed by atoms with van der Waals surface area (Å²) in [4.78, 5) is 25.0. The highest BCUT2D eigenvalue weighted by molar-refractivity contribution is 8.13. The Morgan fingerprint density at radius 1 is 0.976 bits per heavy atom. The predicted octanol–water partition coefficient (Wildman–Crippen LogP) is 4.04. The third-order valence-electron chi connectivity index (χ3n) is 4.91. The van der Waals surface area contributed by atoms with Crippen LogP contribution in [0.5, 0.6) is 0 Å². The monoisotopic (exact) mass is 645 g/mol. The van der Waals surface area contributed by atoms with Crippen molar-refractivity contribution in [3.05, 3.63) is 22.8 Å². The number of rotatable bonds is 17. The number of ether oxygens (including phenoxy) is 1. The van der Waals surface area contributed by atoms with Crippen molar-refractivity contribution >= 4 is 32.2 Å². The Kier molecular flexibility index (Phi) is 17.4. The molecule has 1 amide bonds. The zero-order valence-electron chi connectivity index (χ0n) is 22.2. The number of halogens is 6. The molecule has 0 saturated carbocycles. The third-order valence-corrected chi connectivity index (χ3v) is 7.65. The van der Waals surface area contributed by atoms with E-state index in [9.17, 15) is 52.8 Å². The van der Waals surface area contributed by atoms with Crippen molar-refractivity contribution < 1.29 is 62.1 Å². The largest absolute Gasteiger partial charge is 0.480 e. The number of aryl methyl sites for hydroxylation is 1. The van der Waals surface area contributed by atoms with Crippen LogP contribution in [0.2, 0.25) is 0 Å². The molecule has 1 heterocycles. The zero-order chi connectivity index (χ0) is 31.6. The van der Waals surface area contributed by atoms with E-state index < -0.39 is 31.1 Å². The lowest BCUT2D eigenvalue weighted by Gasteiger charge is -2.22. The van der Waals surface area contributed by atoms with Crippen molar-refractivity contribution in [1.29, 1.82) is 0 Å². The summed E-state index contributed by atoms with van der Waals surface area (Å²) in [6, 6.07) is 0. The van der Waals surface area contributed by atoms with Gasteiger partial charge in [0.05, 0.1) is 13.1 Å². The summed E-state index contributed by atoms with van der Waals surface area (Å²) >= 11 is 0. The third kappa shape index (κ3) is 17.0. The highest BCUT2D eigenvalue weighted by Gasteiger charge is 2.46. The number of aliphatic imine (C=N–C) groups is 1. The molecule has 238 valence electrons. The minimum absolute atomic E-state index is 0.361. The van der Waals surface area contributed by atoms with Crippen molar-refractivity contribution in [2.75, 3.05) is 19.7 Å². The smallest absolute Gasteiger partial charge is 0.445 e. The van der Waals surface area contributed by atoms with Crippen LogP contribution in [-0.4, -0.2) is 64.3 Å². The molecule has 0 fully saturated rings. The van der Waals surface area contributed by atoms with Gasteiger partial charge in [-0.2, -0.15) is 26.3 Å². The Morgan fingerprint density at radius 3 is 2.12 bits per heavy atom. The van der Waals surface area contributed by atoms with Crippen LogP contribution < -0.4 is 9.88 Å². The van der Waals surface area contributed by atoms with Gasteiger partial charge in [-0.25, -0.2) is 40.6 Å². The summed E-state index contributed by atoms with van der Waals surface area (Å²) in [6.07, 6.45) is 16.1. The van der Waals surface area contributed by atoms with Gasteiger partial charge in [-0.15, -0.1) is 0 Å². The van der Waals surface area contributed by atoms with Gasteiger partial charge in [0.25, 0.3) is 0 Å². The molecule has 1 aromatic heterocycles. The number of hydrogen-bond donors (Lipinski definition) is 1. The number of unbranched alkanes of at least 4 members (excludes halogenated alkanes) is 6. The number of isocyanates is 1. The number of alkyl carbamates (subject to hydrolysis) is 1. The molecule has 20 heteroatoms. The lowest BCUT2D eigenvalue weighted by Crippen LogP contribution is -2.31. The molecule has 1 N–H and O–H groups in total. The normalized spacial score (nSPS) is 12.2. The molecule has 0 aliphatic carbocycles. The molecule has 0 aliphatic heterocycles. The van der Waals surface area contributed by atoms with E-state index in [0.29, 0.717) is 26.2 Å². The SMILES string of the molecule is CCCCCC[n+]1ccn(CCOC(=O)NCCCCCCN=C=O)c1.O=S(=O)([N-]S(=O)(=O)C(F)(F)F)C(F)(F)F. The van der Waals surface area contributed by atoms with Gasteiger partial charge >= 0.3 is 17.1 Å². The van der Waals surface area contributed by atoms with Gasteiger partial charge in [-0.3, -0.25) is 0 Å². The lowest BCUT2D eigenvalue weighted by atomic mass is 10.2. The van der Waals surface area contributed by atoms with Crippen molar-refractivity contribution in [2.45, 2.75) is 82.4 Å². The quantitative estimate of drug-likeness (QED) is 0.0880. The Bertz CT molecular complexity index is 1120. The summed E-state index contributed by atoms with van der Waals surface area (Å²) in [5.41, 5.74) is -12.4. The molecule has 0 atom stereocenters. The van der Waals surface area contributed by atoms with E-state index in [1.165, 1.54) is 31.8 Å². The molecular weight excluding hydrogens is 612 g/mol. The molecule has 1 aromatic rings. The number of nitrogens with zero attached hydrogens (tertiary/aromatic N) is 4. The van der Waals surface area contributed by atoms with Crippen LogP contribution in [0.4, 0.5) is 31.1 Å². The fourth-order valence-electron chi connectivity index (χ4n) is 2.84. The second kappa shape index (κ2) is 18.7. The van der Waals surface area contributed by atoms with E-state index in [0.717, 1.165) is 36.4 Å². The van der Waals surface area contributed by atoms with Gasteiger partial charge in [-0.1, -0.05) is 32.6 Å². The predicted molar refractivity (Wildman–Crippen MR) is 133 cm³/mol. The average molecular weight is 646 g/mol. The fraction of sp³-hybridized carbons (Fsp3) is 0.762. The fourth-order valence-corrected chi connectivity index (χ4v) is 4.55. The van der Waals surface area contributed by atoms with Crippen LogP contribution in [0.25, 0.3) is 4.13 Å². The van der Waals surface area contributed by atoms with E-state index in [1.54, 1.807) is 0 Å². The van der Waals surface area contributed by atoms with Crippen LogP contribution >= 0.6 is 0 Å². The summed E-state index contributed by atoms with van der Waals surface area (Å²) in [7, 11) is -13.4. The molecule has 0 aromatic carbocycles. The van der Waals surface area contributed by atoms with Crippen molar-refractivity contribution in [1.82, 2.24) is 9.88 Å². The maximum atomic E-state index is 11.6. The molecule has 0 spiro atoms. The first kappa shape index (κ1) is 38.3. The molecule has 0 radical (unpaired) electrons. The van der Waals surface area contributed by atoms with E-state index >= 15 is 0 Å². The van der Waals surface area contributed by atoms with Crippen LogP contribution in [0.15, 0.2) is 23.7 Å². The Hall–Kier alpha value is -2.70.